The van der Waals surface area contributed by atoms with Gasteiger partial charge in [0.2, 0.25) is 0 Å². The summed E-state index contributed by atoms with van der Waals surface area (Å²) in [5, 5.41) is 0. The van der Waals surface area contributed by atoms with E-state index in [0.717, 1.165) is 109 Å². The third-order valence-corrected chi connectivity index (χ3v) is 14.4. The first-order chi connectivity index (χ1) is 38.0. The van der Waals surface area contributed by atoms with E-state index in [2.05, 4.69) is 106 Å². The van der Waals surface area contributed by atoms with E-state index in [0.29, 0.717) is 19.3 Å². The summed E-state index contributed by atoms with van der Waals surface area (Å²) in [4.78, 5) is 38.4. The normalized spacial score (nSPS) is 12.6. The molecule has 0 aromatic heterocycles. The molecule has 0 spiro atoms. The molecular weight excluding hydrogens is 949 g/mol. The van der Waals surface area contributed by atoms with Crippen LogP contribution in [0.25, 0.3) is 0 Å². The number of rotatable bonds is 60. The molecule has 0 N–H and O–H groups in total. The molecule has 0 radical (unpaired) electrons. The lowest BCUT2D eigenvalue weighted by molar-refractivity contribution is -0.167. The number of esters is 3. The van der Waals surface area contributed by atoms with E-state index in [4.69, 9.17) is 14.2 Å². The summed E-state index contributed by atoms with van der Waals surface area (Å²) < 4.78 is 16.9. The third kappa shape index (κ3) is 63.3. The first-order valence-corrected chi connectivity index (χ1v) is 33.1. The van der Waals surface area contributed by atoms with Crippen LogP contribution in [0.5, 0.6) is 0 Å². The van der Waals surface area contributed by atoms with Gasteiger partial charge in [-0.05, 0) is 77.0 Å². The van der Waals surface area contributed by atoms with Crippen LogP contribution in [0.1, 0.15) is 329 Å². The van der Waals surface area contributed by atoms with Crippen LogP contribution in [0.15, 0.2) is 85.1 Å². The quantitative estimate of drug-likeness (QED) is 0.0261. The molecule has 0 heterocycles. The SMILES string of the molecule is CC/C=C\C/C=C\C/C=C\C/C=C\C/C=C\C/C=C\C/C=C\CCCCCC(=O)OCC(COC(=O)CCCCCCCCCCCCCCCCCCC)OC(=O)CCCCCCCCCCCCCCCCCCC. The zero-order valence-corrected chi connectivity index (χ0v) is 51.0. The third-order valence-electron chi connectivity index (χ3n) is 14.4. The van der Waals surface area contributed by atoms with Gasteiger partial charge in [-0.2, -0.15) is 0 Å². The summed E-state index contributed by atoms with van der Waals surface area (Å²) >= 11 is 0. The number of hydrogen-bond acceptors (Lipinski definition) is 6. The molecule has 0 aliphatic rings. The zero-order chi connectivity index (χ0) is 55.7. The fourth-order valence-corrected chi connectivity index (χ4v) is 9.48. The smallest absolute Gasteiger partial charge is 0.306 e. The van der Waals surface area contributed by atoms with Crippen molar-refractivity contribution in [1.82, 2.24) is 0 Å². The molecular formula is C71H124O6. The summed E-state index contributed by atoms with van der Waals surface area (Å²) in [5.74, 6) is -0.898. The van der Waals surface area contributed by atoms with Crippen molar-refractivity contribution in [1.29, 1.82) is 0 Å². The van der Waals surface area contributed by atoms with E-state index in [9.17, 15) is 14.4 Å². The van der Waals surface area contributed by atoms with E-state index in [1.54, 1.807) is 0 Å². The minimum atomic E-state index is -0.789. The van der Waals surface area contributed by atoms with Gasteiger partial charge < -0.3 is 14.2 Å². The second kappa shape index (κ2) is 65.1. The standard InChI is InChI=1S/C71H124O6/c1-4-7-10-13-16-19-22-25-28-31-32-33-34-35-36-37-38-41-43-46-49-52-55-58-61-64-70(73)76-67-68(77-71(74)65-62-59-56-53-50-47-44-40-30-27-24-21-18-15-12-9-6-3)66-75-69(72)63-60-57-54-51-48-45-42-39-29-26-23-20-17-14-11-8-5-2/h7,10,16,19,25,28,32-33,35-36,38,41,46,49,68H,4-6,8-9,11-15,17-18,20-24,26-27,29-31,34,37,39-40,42-45,47-48,50-67H2,1-3H3/b10-7-,19-16-,28-25-,33-32-,36-35-,41-38-,49-46-. The fraction of sp³-hybridized carbons (Fsp3) is 0.761. The molecule has 0 aromatic rings. The van der Waals surface area contributed by atoms with Gasteiger partial charge in [-0.25, -0.2) is 0 Å². The van der Waals surface area contributed by atoms with E-state index in [-0.39, 0.29) is 31.1 Å². The number of hydrogen-bond donors (Lipinski definition) is 0. The van der Waals surface area contributed by atoms with Gasteiger partial charge in [-0.1, -0.05) is 318 Å². The summed E-state index contributed by atoms with van der Waals surface area (Å²) in [6.45, 7) is 6.55. The maximum atomic E-state index is 12.9. The summed E-state index contributed by atoms with van der Waals surface area (Å²) in [5.41, 5.74) is 0. The van der Waals surface area contributed by atoms with Crippen molar-refractivity contribution < 1.29 is 28.6 Å². The van der Waals surface area contributed by atoms with Crippen LogP contribution in [0.4, 0.5) is 0 Å². The fourth-order valence-electron chi connectivity index (χ4n) is 9.48. The highest BCUT2D eigenvalue weighted by molar-refractivity contribution is 5.71. The van der Waals surface area contributed by atoms with E-state index < -0.39 is 6.10 Å². The molecule has 1 atom stereocenters. The van der Waals surface area contributed by atoms with Crippen molar-refractivity contribution in [3.05, 3.63) is 85.1 Å². The molecule has 0 rings (SSSR count). The Bertz CT molecular complexity index is 1470. The highest BCUT2D eigenvalue weighted by Crippen LogP contribution is 2.17. The molecule has 0 saturated heterocycles. The minimum Gasteiger partial charge on any atom is -0.462 e. The molecule has 0 aromatic carbocycles. The van der Waals surface area contributed by atoms with E-state index in [1.165, 1.54) is 180 Å². The van der Waals surface area contributed by atoms with Crippen molar-refractivity contribution >= 4 is 17.9 Å². The number of unbranched alkanes of at least 4 members (excludes halogenated alkanes) is 35. The Morgan fingerprint density at radius 1 is 0.273 bits per heavy atom. The van der Waals surface area contributed by atoms with Gasteiger partial charge in [0.05, 0.1) is 0 Å². The van der Waals surface area contributed by atoms with Gasteiger partial charge in [0.1, 0.15) is 13.2 Å². The lowest BCUT2D eigenvalue weighted by atomic mass is 10.0. The average molecular weight is 1070 g/mol. The monoisotopic (exact) mass is 1070 g/mol. The second-order valence-corrected chi connectivity index (χ2v) is 22.0. The van der Waals surface area contributed by atoms with Crippen molar-refractivity contribution in [3.8, 4) is 0 Å². The molecule has 6 nitrogen and oxygen atoms in total. The van der Waals surface area contributed by atoms with Crippen LogP contribution in [0.2, 0.25) is 0 Å². The topological polar surface area (TPSA) is 78.9 Å². The highest BCUT2D eigenvalue weighted by Gasteiger charge is 2.19. The van der Waals surface area contributed by atoms with Gasteiger partial charge in [-0.3, -0.25) is 14.4 Å². The first kappa shape index (κ1) is 73.6. The van der Waals surface area contributed by atoms with Gasteiger partial charge >= 0.3 is 17.9 Å². The van der Waals surface area contributed by atoms with Crippen LogP contribution in [-0.4, -0.2) is 37.2 Å². The van der Waals surface area contributed by atoms with Gasteiger partial charge in [0.15, 0.2) is 6.10 Å². The molecule has 6 heteroatoms. The first-order valence-electron chi connectivity index (χ1n) is 33.1. The maximum absolute atomic E-state index is 12.9. The Morgan fingerprint density at radius 2 is 0.506 bits per heavy atom. The van der Waals surface area contributed by atoms with Crippen LogP contribution in [0.3, 0.4) is 0 Å². The van der Waals surface area contributed by atoms with E-state index in [1.807, 2.05) is 0 Å². The molecule has 0 amide bonds. The van der Waals surface area contributed by atoms with Crippen LogP contribution in [-0.2, 0) is 28.6 Å². The van der Waals surface area contributed by atoms with Crippen molar-refractivity contribution in [2.45, 2.75) is 335 Å². The Morgan fingerprint density at radius 3 is 0.792 bits per heavy atom. The molecule has 0 bridgehead atoms. The molecule has 444 valence electrons. The predicted octanol–water partition coefficient (Wildman–Crippen LogP) is 22.7. The summed E-state index contributed by atoms with van der Waals surface area (Å²) in [6.07, 6.45) is 85.9. The Labute approximate surface area is 477 Å². The van der Waals surface area contributed by atoms with Crippen molar-refractivity contribution in [3.63, 3.8) is 0 Å². The number of carbonyl (C=O) groups is 3. The zero-order valence-electron chi connectivity index (χ0n) is 51.0. The molecule has 1 unspecified atom stereocenters. The summed E-state index contributed by atoms with van der Waals surface area (Å²) in [7, 11) is 0. The highest BCUT2D eigenvalue weighted by atomic mass is 16.6. The van der Waals surface area contributed by atoms with Crippen LogP contribution in [0, 0.1) is 0 Å². The number of carbonyl (C=O) groups excluding carboxylic acids is 3. The Balaban J connectivity index is 4.41. The lowest BCUT2D eigenvalue weighted by Crippen LogP contribution is -2.30. The number of ether oxygens (including phenoxy) is 3. The summed E-state index contributed by atoms with van der Waals surface area (Å²) in [6, 6.07) is 0. The number of allylic oxidation sites excluding steroid dienone is 14. The van der Waals surface area contributed by atoms with E-state index >= 15 is 0 Å². The molecule has 0 aliphatic heterocycles. The average Bonchev–Trinajstić information content (AvgIpc) is 3.43. The molecule has 0 fully saturated rings. The Hall–Kier alpha value is -3.41. The lowest BCUT2D eigenvalue weighted by Gasteiger charge is -2.18. The van der Waals surface area contributed by atoms with Gasteiger partial charge in [0, 0.05) is 19.3 Å². The molecule has 77 heavy (non-hydrogen) atoms. The second-order valence-electron chi connectivity index (χ2n) is 22.0. The maximum Gasteiger partial charge on any atom is 0.306 e. The van der Waals surface area contributed by atoms with Gasteiger partial charge in [0.25, 0.3) is 0 Å². The predicted molar refractivity (Wildman–Crippen MR) is 334 cm³/mol. The Kier molecular flexibility index (Phi) is 62.2. The minimum absolute atomic E-state index is 0.0826. The molecule has 0 aliphatic carbocycles. The van der Waals surface area contributed by atoms with Crippen molar-refractivity contribution in [2.24, 2.45) is 0 Å². The van der Waals surface area contributed by atoms with Crippen LogP contribution < -0.4 is 0 Å². The largest absolute Gasteiger partial charge is 0.462 e. The van der Waals surface area contributed by atoms with Crippen LogP contribution >= 0.6 is 0 Å². The van der Waals surface area contributed by atoms with Crippen molar-refractivity contribution in [2.75, 3.05) is 13.2 Å². The molecule has 0 saturated carbocycles. The van der Waals surface area contributed by atoms with Gasteiger partial charge in [-0.15, -0.1) is 0 Å².